The number of aliphatic carboxylic acids is 1. The summed E-state index contributed by atoms with van der Waals surface area (Å²) < 4.78 is 0. The standard InChI is InChI=1S/C14H19N3O3S/c1-7-12(14(21-3)16-8(2)15-7)13(20)17-10(6-11(18)19)9-4-5-9/h9-10H,4-6H2,1-3H3,(H,17,20)(H,18,19). The highest BCUT2D eigenvalue weighted by Gasteiger charge is 2.34. The Labute approximate surface area is 127 Å². The summed E-state index contributed by atoms with van der Waals surface area (Å²) in [5.41, 5.74) is 1.07. The van der Waals surface area contributed by atoms with Crippen molar-refractivity contribution in [3.05, 3.63) is 17.1 Å². The predicted octanol–water partition coefficient (Wildman–Crippen LogP) is 1.80. The van der Waals surface area contributed by atoms with Gasteiger partial charge in [-0.3, -0.25) is 9.59 Å². The first-order valence-electron chi connectivity index (χ1n) is 6.84. The molecule has 1 aromatic heterocycles. The van der Waals surface area contributed by atoms with Crippen molar-refractivity contribution >= 4 is 23.6 Å². The predicted molar refractivity (Wildman–Crippen MR) is 79.5 cm³/mol. The van der Waals surface area contributed by atoms with Crippen molar-refractivity contribution in [2.24, 2.45) is 5.92 Å². The number of aromatic nitrogens is 2. The van der Waals surface area contributed by atoms with Gasteiger partial charge in [0.05, 0.1) is 17.7 Å². The highest BCUT2D eigenvalue weighted by Crippen LogP contribution is 2.34. The molecule has 1 unspecified atom stereocenters. The minimum absolute atomic E-state index is 0.0449. The number of nitrogens with zero attached hydrogens (tertiary/aromatic N) is 2. The second-order valence-corrected chi connectivity index (χ2v) is 6.05. The molecule has 0 spiro atoms. The van der Waals surface area contributed by atoms with Gasteiger partial charge in [-0.25, -0.2) is 9.97 Å². The minimum Gasteiger partial charge on any atom is -0.481 e. The second-order valence-electron chi connectivity index (χ2n) is 5.26. The lowest BCUT2D eigenvalue weighted by atomic mass is 10.1. The first-order chi connectivity index (χ1) is 9.92. The Bertz CT molecular complexity index is 573. The van der Waals surface area contributed by atoms with E-state index in [4.69, 9.17) is 5.11 Å². The average molecular weight is 309 g/mol. The number of aryl methyl sites for hydroxylation is 2. The van der Waals surface area contributed by atoms with Crippen LogP contribution in [0.15, 0.2) is 5.03 Å². The highest BCUT2D eigenvalue weighted by molar-refractivity contribution is 7.98. The van der Waals surface area contributed by atoms with Gasteiger partial charge in [-0.05, 0) is 38.9 Å². The van der Waals surface area contributed by atoms with Crippen LogP contribution in [0.4, 0.5) is 0 Å². The summed E-state index contributed by atoms with van der Waals surface area (Å²) in [6.07, 6.45) is 3.75. The molecule has 1 fully saturated rings. The van der Waals surface area contributed by atoms with E-state index >= 15 is 0 Å². The van der Waals surface area contributed by atoms with Gasteiger partial charge in [0.25, 0.3) is 5.91 Å². The van der Waals surface area contributed by atoms with Crippen LogP contribution < -0.4 is 5.32 Å². The molecule has 114 valence electrons. The Morgan fingerprint density at radius 2 is 2.05 bits per heavy atom. The molecule has 2 rings (SSSR count). The van der Waals surface area contributed by atoms with E-state index in [1.165, 1.54) is 11.8 Å². The zero-order valence-corrected chi connectivity index (χ0v) is 13.2. The molecule has 1 saturated carbocycles. The van der Waals surface area contributed by atoms with Crippen molar-refractivity contribution in [2.45, 2.75) is 44.2 Å². The molecule has 0 aromatic carbocycles. The van der Waals surface area contributed by atoms with Gasteiger partial charge in [0.1, 0.15) is 10.9 Å². The number of carbonyl (C=O) groups excluding carboxylic acids is 1. The lowest BCUT2D eigenvalue weighted by Crippen LogP contribution is -2.38. The Kier molecular flexibility index (Phi) is 4.82. The van der Waals surface area contributed by atoms with Gasteiger partial charge in [-0.2, -0.15) is 0 Å². The van der Waals surface area contributed by atoms with Crippen molar-refractivity contribution in [2.75, 3.05) is 6.26 Å². The molecular weight excluding hydrogens is 290 g/mol. The molecule has 1 aliphatic carbocycles. The quantitative estimate of drug-likeness (QED) is 0.615. The molecule has 6 nitrogen and oxygen atoms in total. The maximum absolute atomic E-state index is 12.5. The fourth-order valence-corrected chi connectivity index (χ4v) is 3.02. The first-order valence-corrected chi connectivity index (χ1v) is 8.06. The molecule has 2 N–H and O–H groups in total. The van der Waals surface area contributed by atoms with Gasteiger partial charge >= 0.3 is 5.97 Å². The molecule has 0 radical (unpaired) electrons. The fraction of sp³-hybridized carbons (Fsp3) is 0.571. The Balaban J connectivity index is 2.21. The normalized spacial score (nSPS) is 15.6. The van der Waals surface area contributed by atoms with E-state index in [9.17, 15) is 9.59 Å². The van der Waals surface area contributed by atoms with Crippen LogP contribution in [0, 0.1) is 19.8 Å². The second kappa shape index (κ2) is 6.43. The summed E-state index contributed by atoms with van der Waals surface area (Å²) in [7, 11) is 0. The number of carbonyl (C=O) groups is 2. The van der Waals surface area contributed by atoms with E-state index in [1.807, 2.05) is 6.26 Å². The number of rotatable bonds is 6. The maximum atomic E-state index is 12.5. The molecule has 0 saturated heterocycles. The van der Waals surface area contributed by atoms with Crippen LogP contribution in [0.25, 0.3) is 0 Å². The summed E-state index contributed by atoms with van der Waals surface area (Å²) in [6, 6.07) is -0.314. The number of thioether (sulfide) groups is 1. The molecule has 0 aliphatic heterocycles. The Hall–Kier alpha value is -1.63. The zero-order valence-electron chi connectivity index (χ0n) is 12.3. The van der Waals surface area contributed by atoms with Crippen molar-refractivity contribution in [1.82, 2.24) is 15.3 Å². The molecule has 0 bridgehead atoms. The van der Waals surface area contributed by atoms with Gasteiger partial charge in [0, 0.05) is 6.04 Å². The minimum atomic E-state index is -0.894. The van der Waals surface area contributed by atoms with Crippen LogP contribution in [0.3, 0.4) is 0 Å². The summed E-state index contributed by atoms with van der Waals surface area (Å²) >= 11 is 1.39. The van der Waals surface area contributed by atoms with Crippen LogP contribution in [0.1, 0.15) is 41.1 Å². The lowest BCUT2D eigenvalue weighted by molar-refractivity contribution is -0.137. The molecular formula is C14H19N3O3S. The van der Waals surface area contributed by atoms with E-state index < -0.39 is 5.97 Å². The number of amides is 1. The molecule has 1 heterocycles. The third-order valence-corrected chi connectivity index (χ3v) is 4.17. The summed E-state index contributed by atoms with van der Waals surface area (Å²) in [5, 5.41) is 12.4. The van der Waals surface area contributed by atoms with Crippen molar-refractivity contribution in [3.8, 4) is 0 Å². The monoisotopic (exact) mass is 309 g/mol. The molecule has 1 amide bonds. The molecule has 1 aliphatic rings. The van der Waals surface area contributed by atoms with Gasteiger partial charge in [0.2, 0.25) is 0 Å². The third kappa shape index (κ3) is 3.93. The van der Waals surface area contributed by atoms with E-state index in [-0.39, 0.29) is 24.3 Å². The highest BCUT2D eigenvalue weighted by atomic mass is 32.2. The van der Waals surface area contributed by atoms with E-state index in [0.29, 0.717) is 22.1 Å². The average Bonchev–Trinajstić information content (AvgIpc) is 3.20. The van der Waals surface area contributed by atoms with Gasteiger partial charge in [-0.1, -0.05) is 0 Å². The van der Waals surface area contributed by atoms with E-state index in [1.54, 1.807) is 13.8 Å². The van der Waals surface area contributed by atoms with Crippen LogP contribution in [0.5, 0.6) is 0 Å². The Morgan fingerprint density at radius 3 is 2.57 bits per heavy atom. The van der Waals surface area contributed by atoms with E-state index in [2.05, 4.69) is 15.3 Å². The Morgan fingerprint density at radius 1 is 1.38 bits per heavy atom. The van der Waals surface area contributed by atoms with Crippen molar-refractivity contribution in [1.29, 1.82) is 0 Å². The molecule has 1 aromatic rings. The van der Waals surface area contributed by atoms with Crippen molar-refractivity contribution < 1.29 is 14.7 Å². The molecule has 1 atom stereocenters. The summed E-state index contributed by atoms with van der Waals surface area (Å²) in [4.78, 5) is 31.9. The lowest BCUT2D eigenvalue weighted by Gasteiger charge is -2.18. The SMILES string of the molecule is CSc1nc(C)nc(C)c1C(=O)NC(CC(=O)O)C1CC1. The summed E-state index contributed by atoms with van der Waals surface area (Å²) in [6.45, 7) is 3.55. The molecule has 7 heteroatoms. The van der Waals surface area contributed by atoms with Crippen LogP contribution in [0.2, 0.25) is 0 Å². The third-order valence-electron chi connectivity index (χ3n) is 3.49. The topological polar surface area (TPSA) is 92.2 Å². The number of carboxylic acids is 1. The number of hydrogen-bond donors (Lipinski definition) is 2. The number of hydrogen-bond acceptors (Lipinski definition) is 5. The summed E-state index contributed by atoms with van der Waals surface area (Å²) in [5.74, 6) is -0.281. The number of carboxylic acid groups (broad SMARTS) is 1. The van der Waals surface area contributed by atoms with Crippen LogP contribution in [-0.2, 0) is 4.79 Å². The van der Waals surface area contributed by atoms with Crippen molar-refractivity contribution in [3.63, 3.8) is 0 Å². The van der Waals surface area contributed by atoms with Crippen LogP contribution >= 0.6 is 11.8 Å². The number of nitrogens with one attached hydrogen (secondary N) is 1. The van der Waals surface area contributed by atoms with Gasteiger partial charge < -0.3 is 10.4 Å². The van der Waals surface area contributed by atoms with Crippen LogP contribution in [-0.4, -0.2) is 39.2 Å². The largest absolute Gasteiger partial charge is 0.481 e. The first kappa shape index (κ1) is 15.8. The maximum Gasteiger partial charge on any atom is 0.305 e. The fourth-order valence-electron chi connectivity index (χ4n) is 2.35. The van der Waals surface area contributed by atoms with E-state index in [0.717, 1.165) is 12.8 Å². The van der Waals surface area contributed by atoms with Gasteiger partial charge in [-0.15, -0.1) is 11.8 Å². The molecule has 21 heavy (non-hydrogen) atoms. The smallest absolute Gasteiger partial charge is 0.305 e. The zero-order chi connectivity index (χ0) is 15.6. The van der Waals surface area contributed by atoms with Gasteiger partial charge in [0.15, 0.2) is 0 Å².